The lowest BCUT2D eigenvalue weighted by Crippen LogP contribution is -2.39. The van der Waals surface area contributed by atoms with Crippen LogP contribution in [-0.4, -0.2) is 59.1 Å². The van der Waals surface area contributed by atoms with Crippen LogP contribution in [0.5, 0.6) is 0 Å². The molecular weight excluding hydrogens is 419 g/mol. The third-order valence-corrected chi connectivity index (χ3v) is 4.59. The van der Waals surface area contributed by atoms with Crippen LogP contribution in [0.2, 0.25) is 5.02 Å². The maximum atomic E-state index is 12.6. The van der Waals surface area contributed by atoms with E-state index in [1.165, 1.54) is 0 Å². The topological polar surface area (TPSA) is 113 Å². The number of aromatic nitrogens is 1. The van der Waals surface area contributed by atoms with Crippen LogP contribution < -0.4 is 10.7 Å². The Labute approximate surface area is 167 Å². The molecule has 0 spiro atoms. The number of pyridine rings is 1. The second kappa shape index (κ2) is 7.85. The molecule has 0 saturated carbocycles. The molecule has 1 fully saturated rings. The summed E-state index contributed by atoms with van der Waals surface area (Å²) in [5.41, 5.74) is 1.30. The smallest absolute Gasteiger partial charge is 0.417 e. The molecule has 0 bridgehead atoms. The lowest BCUT2D eigenvalue weighted by atomic mass is 9.99. The SMILES string of the molecule is CCOC(=O)C1=NN[C@@H]2C(=O)N(CCNc3ncc(C(F)(F)F)cc3Cl)C(=O)[C@H]12. The molecule has 2 N–H and O–H groups in total. The molecule has 156 valence electrons. The van der Waals surface area contributed by atoms with E-state index < -0.39 is 41.5 Å². The molecule has 0 unspecified atom stereocenters. The zero-order valence-corrected chi connectivity index (χ0v) is 15.7. The van der Waals surface area contributed by atoms with Crippen molar-refractivity contribution in [3.8, 4) is 0 Å². The molecule has 2 amide bonds. The second-order valence-corrected chi connectivity index (χ2v) is 6.52. The Morgan fingerprint density at radius 1 is 1.38 bits per heavy atom. The van der Waals surface area contributed by atoms with Crippen molar-refractivity contribution in [2.24, 2.45) is 11.0 Å². The number of anilines is 1. The zero-order chi connectivity index (χ0) is 21.3. The summed E-state index contributed by atoms with van der Waals surface area (Å²) in [6.45, 7) is 1.56. The van der Waals surface area contributed by atoms with Gasteiger partial charge in [-0.2, -0.15) is 18.3 Å². The minimum atomic E-state index is -4.58. The number of carbonyl (C=O) groups excluding carboxylic acids is 3. The molecule has 1 aromatic heterocycles. The van der Waals surface area contributed by atoms with Gasteiger partial charge in [-0.15, -0.1) is 0 Å². The van der Waals surface area contributed by atoms with Crippen LogP contribution in [0.3, 0.4) is 0 Å². The standard InChI is InChI=1S/C16H15ClF3N5O4/c1-2-29-15(28)11-9-10(23-24-11)14(27)25(13(9)26)4-3-21-12-8(17)5-7(6-22-12)16(18,19)20/h5-6,9-10,23H,2-4H2,1H3,(H,21,22)/t9-,10-/m0/s1. The molecule has 9 nitrogen and oxygen atoms in total. The first kappa shape index (κ1) is 20.8. The van der Waals surface area contributed by atoms with E-state index in [-0.39, 0.29) is 36.2 Å². The summed E-state index contributed by atoms with van der Waals surface area (Å²) in [4.78, 5) is 41.4. The van der Waals surface area contributed by atoms with Crippen LogP contribution in [0.25, 0.3) is 0 Å². The maximum Gasteiger partial charge on any atom is 0.417 e. The first-order chi connectivity index (χ1) is 13.6. The van der Waals surface area contributed by atoms with E-state index in [2.05, 4.69) is 20.8 Å². The normalized spacial score (nSPS) is 21.0. The Morgan fingerprint density at radius 3 is 2.72 bits per heavy atom. The van der Waals surface area contributed by atoms with Crippen LogP contribution in [0.1, 0.15) is 12.5 Å². The summed E-state index contributed by atoms with van der Waals surface area (Å²) >= 11 is 5.80. The van der Waals surface area contributed by atoms with E-state index in [1.807, 2.05) is 0 Å². The molecule has 1 aromatic rings. The highest BCUT2D eigenvalue weighted by molar-refractivity contribution is 6.44. The van der Waals surface area contributed by atoms with Crippen molar-refractivity contribution in [3.63, 3.8) is 0 Å². The van der Waals surface area contributed by atoms with Gasteiger partial charge in [0, 0.05) is 19.3 Å². The number of rotatable bonds is 6. The predicted octanol–water partition coefficient (Wildman–Crippen LogP) is 1.04. The summed E-state index contributed by atoms with van der Waals surface area (Å²) in [6.07, 6.45) is -3.96. The van der Waals surface area contributed by atoms with Crippen molar-refractivity contribution < 1.29 is 32.3 Å². The molecule has 2 aliphatic heterocycles. The Balaban J connectivity index is 1.62. The van der Waals surface area contributed by atoms with Crippen LogP contribution >= 0.6 is 11.6 Å². The summed E-state index contributed by atoms with van der Waals surface area (Å²) in [5, 5.41) is 6.16. The number of nitrogens with zero attached hydrogens (tertiary/aromatic N) is 3. The van der Waals surface area contributed by atoms with Crippen molar-refractivity contribution >= 4 is 40.9 Å². The number of imide groups is 1. The van der Waals surface area contributed by atoms with Crippen LogP contribution in [0.15, 0.2) is 17.4 Å². The van der Waals surface area contributed by atoms with Gasteiger partial charge in [0.2, 0.25) is 5.91 Å². The minimum Gasteiger partial charge on any atom is -0.461 e. The number of hydrazone groups is 1. The largest absolute Gasteiger partial charge is 0.461 e. The number of hydrogen-bond donors (Lipinski definition) is 2. The number of carbonyl (C=O) groups is 3. The number of esters is 1. The third kappa shape index (κ3) is 3.97. The lowest BCUT2D eigenvalue weighted by molar-refractivity contribution is -0.140. The Bertz CT molecular complexity index is 892. The second-order valence-electron chi connectivity index (χ2n) is 6.11. The molecule has 13 heteroatoms. The molecule has 0 radical (unpaired) electrons. The van der Waals surface area contributed by atoms with Gasteiger partial charge in [-0.05, 0) is 13.0 Å². The van der Waals surface area contributed by atoms with Crippen molar-refractivity contribution in [2.75, 3.05) is 25.0 Å². The van der Waals surface area contributed by atoms with Crippen molar-refractivity contribution in [2.45, 2.75) is 19.1 Å². The van der Waals surface area contributed by atoms with Gasteiger partial charge >= 0.3 is 12.1 Å². The molecule has 2 aliphatic rings. The number of alkyl halides is 3. The quantitative estimate of drug-likeness (QED) is 0.509. The van der Waals surface area contributed by atoms with Gasteiger partial charge in [0.05, 0.1) is 17.2 Å². The van der Waals surface area contributed by atoms with E-state index in [1.54, 1.807) is 6.92 Å². The average Bonchev–Trinajstić information content (AvgIpc) is 3.18. The number of fused-ring (bicyclic) bond motifs is 1. The fraction of sp³-hybridized carbons (Fsp3) is 0.438. The Kier molecular flexibility index (Phi) is 5.64. The first-order valence-corrected chi connectivity index (χ1v) is 8.85. The number of amides is 2. The molecule has 0 aliphatic carbocycles. The van der Waals surface area contributed by atoms with E-state index in [4.69, 9.17) is 16.3 Å². The van der Waals surface area contributed by atoms with Gasteiger partial charge in [0.15, 0.2) is 5.71 Å². The Morgan fingerprint density at radius 2 is 2.10 bits per heavy atom. The van der Waals surface area contributed by atoms with Gasteiger partial charge in [0.1, 0.15) is 17.8 Å². The molecular formula is C16H15ClF3N5O4. The van der Waals surface area contributed by atoms with Crippen molar-refractivity contribution in [1.29, 1.82) is 0 Å². The fourth-order valence-electron chi connectivity index (χ4n) is 2.95. The molecule has 29 heavy (non-hydrogen) atoms. The highest BCUT2D eigenvalue weighted by atomic mass is 35.5. The number of halogens is 4. The van der Waals surface area contributed by atoms with Gasteiger partial charge in [-0.1, -0.05) is 11.6 Å². The van der Waals surface area contributed by atoms with Gasteiger partial charge in [-0.3, -0.25) is 19.9 Å². The monoisotopic (exact) mass is 433 g/mol. The van der Waals surface area contributed by atoms with Gasteiger partial charge in [0.25, 0.3) is 5.91 Å². The fourth-order valence-corrected chi connectivity index (χ4v) is 3.18. The number of hydrogen-bond acceptors (Lipinski definition) is 8. The highest BCUT2D eigenvalue weighted by Gasteiger charge is 2.55. The van der Waals surface area contributed by atoms with Crippen LogP contribution in [-0.2, 0) is 25.3 Å². The highest BCUT2D eigenvalue weighted by Crippen LogP contribution is 2.32. The molecule has 1 saturated heterocycles. The summed E-state index contributed by atoms with van der Waals surface area (Å²) in [7, 11) is 0. The van der Waals surface area contributed by atoms with Crippen molar-refractivity contribution in [1.82, 2.24) is 15.3 Å². The number of nitrogens with one attached hydrogen (secondary N) is 2. The third-order valence-electron chi connectivity index (χ3n) is 4.30. The summed E-state index contributed by atoms with van der Waals surface area (Å²) in [5.74, 6) is -3.07. The van der Waals surface area contributed by atoms with Crippen molar-refractivity contribution in [3.05, 3.63) is 22.8 Å². The van der Waals surface area contributed by atoms with Crippen LogP contribution in [0, 0.1) is 5.92 Å². The lowest BCUT2D eigenvalue weighted by Gasteiger charge is -2.17. The number of ether oxygens (including phenoxy) is 1. The predicted molar refractivity (Wildman–Crippen MR) is 93.9 cm³/mol. The van der Waals surface area contributed by atoms with Gasteiger partial charge < -0.3 is 10.1 Å². The summed E-state index contributed by atoms with van der Waals surface area (Å²) < 4.78 is 42.8. The van der Waals surface area contributed by atoms with E-state index >= 15 is 0 Å². The van der Waals surface area contributed by atoms with E-state index in [0.29, 0.717) is 6.20 Å². The summed E-state index contributed by atoms with van der Waals surface area (Å²) in [6, 6.07) is -0.269. The molecule has 2 atom stereocenters. The van der Waals surface area contributed by atoms with E-state index in [9.17, 15) is 27.6 Å². The maximum absolute atomic E-state index is 12.6. The molecule has 3 rings (SSSR count). The average molecular weight is 434 g/mol. The van der Waals surface area contributed by atoms with Crippen LogP contribution in [0.4, 0.5) is 19.0 Å². The first-order valence-electron chi connectivity index (χ1n) is 8.47. The Hall–Kier alpha value is -2.89. The molecule has 3 heterocycles. The minimum absolute atomic E-state index is 0.0130. The zero-order valence-electron chi connectivity index (χ0n) is 14.9. The van der Waals surface area contributed by atoms with E-state index in [0.717, 1.165) is 11.0 Å². The van der Waals surface area contributed by atoms with Gasteiger partial charge in [-0.25, -0.2) is 9.78 Å². The molecule has 0 aromatic carbocycles. The number of likely N-dealkylation sites (tertiary alicyclic amines) is 1.